The number of nitrogens with zero attached hydrogens (tertiary/aromatic N) is 1. The summed E-state index contributed by atoms with van der Waals surface area (Å²) in [5.41, 5.74) is 9.00. The lowest BCUT2D eigenvalue weighted by Crippen LogP contribution is -2.22. The zero-order valence-electron chi connectivity index (χ0n) is 17.3. The summed E-state index contributed by atoms with van der Waals surface area (Å²) >= 11 is 0. The molecule has 0 radical (unpaired) electrons. The molecule has 29 heavy (non-hydrogen) atoms. The first-order valence-electron chi connectivity index (χ1n) is 10.1. The van der Waals surface area contributed by atoms with E-state index in [4.69, 9.17) is 0 Å². The maximum atomic E-state index is 2.35. The highest BCUT2D eigenvalue weighted by molar-refractivity contribution is 5.67. The van der Waals surface area contributed by atoms with E-state index < -0.39 is 0 Å². The Morgan fingerprint density at radius 3 is 1.69 bits per heavy atom. The maximum absolute atomic E-state index is 2.35. The zero-order chi connectivity index (χ0) is 20.2. The van der Waals surface area contributed by atoms with Crippen molar-refractivity contribution in [3.63, 3.8) is 0 Å². The van der Waals surface area contributed by atoms with Crippen molar-refractivity contribution in [3.8, 4) is 22.3 Å². The minimum absolute atomic E-state index is 0.197. The van der Waals surface area contributed by atoms with E-state index in [9.17, 15) is 0 Å². The molecule has 0 amide bonds. The molecule has 0 aliphatic heterocycles. The Labute approximate surface area is 174 Å². The summed E-state index contributed by atoms with van der Waals surface area (Å²) in [5, 5.41) is 0. The van der Waals surface area contributed by atoms with E-state index in [0.717, 1.165) is 0 Å². The predicted octanol–water partition coefficient (Wildman–Crippen LogP) is 6.98. The van der Waals surface area contributed by atoms with Gasteiger partial charge in [0.05, 0.1) is 6.04 Å². The number of hydrogen-bond acceptors (Lipinski definition) is 1. The van der Waals surface area contributed by atoms with Crippen LogP contribution >= 0.6 is 0 Å². The molecule has 4 aromatic carbocycles. The fourth-order valence-electron chi connectivity index (χ4n) is 4.02. The third-order valence-electron chi connectivity index (χ3n) is 5.51. The first-order valence-corrected chi connectivity index (χ1v) is 10.1. The average molecular weight is 378 g/mol. The average Bonchev–Trinajstić information content (AvgIpc) is 2.76. The molecular weight excluding hydrogens is 350 g/mol. The van der Waals surface area contributed by atoms with Gasteiger partial charge in [0.1, 0.15) is 0 Å². The van der Waals surface area contributed by atoms with Crippen molar-refractivity contribution in [2.75, 3.05) is 14.1 Å². The van der Waals surface area contributed by atoms with Crippen molar-refractivity contribution >= 4 is 0 Å². The molecule has 0 saturated heterocycles. The van der Waals surface area contributed by atoms with Crippen molar-refractivity contribution in [2.45, 2.75) is 13.0 Å². The van der Waals surface area contributed by atoms with Gasteiger partial charge in [-0.1, -0.05) is 91.0 Å². The van der Waals surface area contributed by atoms with Crippen LogP contribution in [-0.4, -0.2) is 19.0 Å². The van der Waals surface area contributed by atoms with Gasteiger partial charge in [0.15, 0.2) is 0 Å². The van der Waals surface area contributed by atoms with Gasteiger partial charge in [-0.2, -0.15) is 0 Å². The molecule has 1 atom stereocenters. The van der Waals surface area contributed by atoms with Crippen LogP contribution in [-0.2, 0) is 0 Å². The van der Waals surface area contributed by atoms with Gasteiger partial charge < -0.3 is 0 Å². The molecule has 0 aliphatic carbocycles. The smallest absolute Gasteiger partial charge is 0.0599 e. The lowest BCUT2D eigenvalue weighted by Gasteiger charge is -2.28. The lowest BCUT2D eigenvalue weighted by atomic mass is 9.89. The van der Waals surface area contributed by atoms with Crippen molar-refractivity contribution in [3.05, 3.63) is 120 Å². The Balaban J connectivity index is 1.80. The molecule has 0 heterocycles. The van der Waals surface area contributed by atoms with E-state index in [1.165, 1.54) is 38.9 Å². The van der Waals surface area contributed by atoms with Crippen LogP contribution in [0.4, 0.5) is 0 Å². The molecule has 0 N–H and O–H groups in total. The summed E-state index contributed by atoms with van der Waals surface area (Å²) in [6, 6.07) is 37.2. The van der Waals surface area contributed by atoms with Crippen LogP contribution in [0, 0.1) is 6.92 Å². The summed E-state index contributed by atoms with van der Waals surface area (Å²) in [6.45, 7) is 2.21. The SMILES string of the molecule is Cc1ccc(-c2ccccc2)cc1[C@H](c1cccc(-c2ccccc2)c1)N(C)C. The number of benzene rings is 4. The standard InChI is InChI=1S/C28H27N/c1-21-17-18-25(23-13-8-5-9-14-23)20-27(21)28(29(2)3)26-16-10-15-24(19-26)22-11-6-4-7-12-22/h4-20,28H,1-3H3/t28-/m0/s1. The van der Waals surface area contributed by atoms with Gasteiger partial charge in [-0.3, -0.25) is 4.90 Å². The van der Waals surface area contributed by atoms with Crippen molar-refractivity contribution in [2.24, 2.45) is 0 Å². The minimum Gasteiger partial charge on any atom is -0.299 e. The van der Waals surface area contributed by atoms with Crippen LogP contribution in [0.25, 0.3) is 22.3 Å². The molecule has 0 aromatic heterocycles. The first kappa shape index (κ1) is 19.2. The van der Waals surface area contributed by atoms with Crippen LogP contribution in [0.3, 0.4) is 0 Å². The third kappa shape index (κ3) is 4.16. The molecule has 0 bridgehead atoms. The van der Waals surface area contributed by atoms with E-state index in [1.54, 1.807) is 0 Å². The Bertz CT molecular complexity index is 1080. The van der Waals surface area contributed by atoms with Gasteiger partial charge in [0.25, 0.3) is 0 Å². The van der Waals surface area contributed by atoms with Crippen molar-refractivity contribution < 1.29 is 0 Å². The zero-order valence-corrected chi connectivity index (χ0v) is 17.3. The topological polar surface area (TPSA) is 3.24 Å². The molecule has 0 spiro atoms. The molecule has 144 valence electrons. The highest BCUT2D eigenvalue weighted by Gasteiger charge is 2.20. The highest BCUT2D eigenvalue weighted by atomic mass is 15.1. The second-order valence-corrected chi connectivity index (χ2v) is 7.80. The van der Waals surface area contributed by atoms with E-state index >= 15 is 0 Å². The van der Waals surface area contributed by atoms with Crippen LogP contribution in [0.1, 0.15) is 22.7 Å². The Morgan fingerprint density at radius 2 is 1.10 bits per heavy atom. The molecule has 4 rings (SSSR count). The van der Waals surface area contributed by atoms with E-state index in [1.807, 2.05) is 0 Å². The largest absolute Gasteiger partial charge is 0.299 e. The quantitative estimate of drug-likeness (QED) is 0.363. The fraction of sp³-hybridized carbons (Fsp3) is 0.143. The van der Waals surface area contributed by atoms with Gasteiger partial charge in [-0.05, 0) is 72.1 Å². The molecule has 0 fully saturated rings. The minimum atomic E-state index is 0.197. The summed E-state index contributed by atoms with van der Waals surface area (Å²) in [7, 11) is 4.32. The summed E-state index contributed by atoms with van der Waals surface area (Å²) < 4.78 is 0. The van der Waals surface area contributed by atoms with Crippen LogP contribution in [0.2, 0.25) is 0 Å². The van der Waals surface area contributed by atoms with Gasteiger partial charge >= 0.3 is 0 Å². The first-order chi connectivity index (χ1) is 14.1. The molecular formula is C28H27N. The van der Waals surface area contributed by atoms with Gasteiger partial charge in [-0.15, -0.1) is 0 Å². The molecule has 1 nitrogen and oxygen atoms in total. The Hall–Kier alpha value is -3.16. The highest BCUT2D eigenvalue weighted by Crippen LogP contribution is 2.34. The monoisotopic (exact) mass is 377 g/mol. The Kier molecular flexibility index (Phi) is 5.59. The maximum Gasteiger partial charge on any atom is 0.0599 e. The molecule has 0 unspecified atom stereocenters. The van der Waals surface area contributed by atoms with Crippen LogP contribution in [0.15, 0.2) is 103 Å². The predicted molar refractivity (Wildman–Crippen MR) is 124 cm³/mol. The molecule has 4 aromatic rings. The van der Waals surface area contributed by atoms with Gasteiger partial charge in [0, 0.05) is 0 Å². The van der Waals surface area contributed by atoms with Crippen LogP contribution in [0.5, 0.6) is 0 Å². The number of hydrogen-bond donors (Lipinski definition) is 0. The van der Waals surface area contributed by atoms with Gasteiger partial charge in [0.2, 0.25) is 0 Å². The molecule has 0 saturated carbocycles. The van der Waals surface area contributed by atoms with Crippen molar-refractivity contribution in [1.82, 2.24) is 4.90 Å². The summed E-state index contributed by atoms with van der Waals surface area (Å²) in [4.78, 5) is 2.31. The van der Waals surface area contributed by atoms with E-state index in [2.05, 4.69) is 129 Å². The second kappa shape index (κ2) is 8.46. The fourth-order valence-corrected chi connectivity index (χ4v) is 4.02. The van der Waals surface area contributed by atoms with E-state index in [0.29, 0.717) is 0 Å². The van der Waals surface area contributed by atoms with Gasteiger partial charge in [-0.25, -0.2) is 0 Å². The molecule has 1 heteroatoms. The van der Waals surface area contributed by atoms with Crippen molar-refractivity contribution in [1.29, 1.82) is 0 Å². The second-order valence-electron chi connectivity index (χ2n) is 7.80. The Morgan fingerprint density at radius 1 is 0.552 bits per heavy atom. The summed E-state index contributed by atoms with van der Waals surface area (Å²) in [5.74, 6) is 0. The number of rotatable bonds is 5. The molecule has 0 aliphatic rings. The van der Waals surface area contributed by atoms with Crippen LogP contribution < -0.4 is 0 Å². The normalized spacial score (nSPS) is 12.1. The summed E-state index contributed by atoms with van der Waals surface area (Å²) in [6.07, 6.45) is 0. The third-order valence-corrected chi connectivity index (χ3v) is 5.51. The van der Waals surface area contributed by atoms with E-state index in [-0.39, 0.29) is 6.04 Å². The lowest BCUT2D eigenvalue weighted by molar-refractivity contribution is 0.341. The number of aryl methyl sites for hydroxylation is 1.